The van der Waals surface area contributed by atoms with E-state index in [1.165, 1.54) is 36.4 Å². The lowest BCUT2D eigenvalue weighted by Crippen LogP contribution is -2.32. The Hall–Kier alpha value is -5.40. The van der Waals surface area contributed by atoms with E-state index >= 15 is 0 Å². The quantitative estimate of drug-likeness (QED) is 0.122. The Balaban J connectivity index is 1.27. The van der Waals surface area contributed by atoms with Crippen LogP contribution in [0.2, 0.25) is 0 Å². The van der Waals surface area contributed by atoms with E-state index in [2.05, 4.69) is 20.9 Å². The molecule has 2 aliphatic rings. The fourth-order valence-electron chi connectivity index (χ4n) is 6.73. The maximum atomic E-state index is 12.7. The second-order valence-corrected chi connectivity index (χ2v) is 12.6. The van der Waals surface area contributed by atoms with Crippen molar-refractivity contribution >= 4 is 23.2 Å². The number of nitrogens with one attached hydrogen (secondary N) is 2. The monoisotopic (exact) mass is 656 g/mol. The summed E-state index contributed by atoms with van der Waals surface area (Å²) in [5.74, 6) is 0.915. The van der Waals surface area contributed by atoms with Gasteiger partial charge in [0.2, 0.25) is 11.8 Å². The number of hydrogen-bond donors (Lipinski definition) is 2. The Morgan fingerprint density at radius 2 is 1.44 bits per heavy atom. The maximum absolute atomic E-state index is 12.7. The molecule has 6 rings (SSSR count). The number of nitro benzene ring substituents is 2. The van der Waals surface area contributed by atoms with Crippen molar-refractivity contribution in [1.29, 1.82) is 0 Å². The molecule has 1 atom stereocenters. The van der Waals surface area contributed by atoms with Crippen LogP contribution < -0.4 is 10.6 Å². The average molecular weight is 657 g/mol. The van der Waals surface area contributed by atoms with E-state index in [0.717, 1.165) is 51.4 Å². The lowest BCUT2D eigenvalue weighted by molar-refractivity contribution is -0.385. The van der Waals surface area contributed by atoms with E-state index in [1.54, 1.807) is 12.1 Å². The predicted octanol–water partition coefficient (Wildman–Crippen LogP) is 6.73. The summed E-state index contributed by atoms with van der Waals surface area (Å²) in [6.45, 7) is 2.18. The van der Waals surface area contributed by atoms with Gasteiger partial charge in [0.15, 0.2) is 11.5 Å². The first-order valence-electron chi connectivity index (χ1n) is 16.2. The van der Waals surface area contributed by atoms with Crippen molar-refractivity contribution in [2.24, 2.45) is 17.8 Å². The summed E-state index contributed by atoms with van der Waals surface area (Å²) >= 11 is 0. The lowest BCUT2D eigenvalue weighted by atomic mass is 9.92. The highest BCUT2D eigenvalue weighted by Gasteiger charge is 2.28. The highest BCUT2D eigenvalue weighted by atomic mass is 16.6. The highest BCUT2D eigenvalue weighted by Crippen LogP contribution is 2.41. The summed E-state index contributed by atoms with van der Waals surface area (Å²) in [6, 6.07) is 11.6. The fourth-order valence-corrected chi connectivity index (χ4v) is 6.73. The molecular formula is C34H36N6O8. The minimum Gasteiger partial charge on any atom is -0.359 e. The molecule has 48 heavy (non-hydrogen) atoms. The first-order valence-corrected chi connectivity index (χ1v) is 16.2. The van der Waals surface area contributed by atoms with Crippen LogP contribution >= 0.6 is 0 Å². The van der Waals surface area contributed by atoms with Crippen LogP contribution in [0.3, 0.4) is 0 Å². The number of nitro groups is 2. The number of aromatic nitrogens is 2. The van der Waals surface area contributed by atoms with E-state index in [4.69, 9.17) is 9.05 Å². The van der Waals surface area contributed by atoms with E-state index in [0.29, 0.717) is 34.3 Å². The SMILES string of the molecule is CC(C(=O)NCc1cc(-c2ccc([N+](=O)[O-])c(-c3cc([N+](=O)[O-])ccc3-c3cc(CNC(=O)C4CCCC4)on3)c2)no1)C1CCCC1. The van der Waals surface area contributed by atoms with E-state index in [9.17, 15) is 29.8 Å². The molecule has 0 bridgehead atoms. The van der Waals surface area contributed by atoms with Gasteiger partial charge in [-0.1, -0.05) is 42.9 Å². The largest absolute Gasteiger partial charge is 0.359 e. The van der Waals surface area contributed by atoms with Crippen LogP contribution in [-0.2, 0) is 22.7 Å². The predicted molar refractivity (Wildman–Crippen MR) is 173 cm³/mol. The number of non-ortho nitro benzene ring substituents is 1. The Kier molecular flexibility index (Phi) is 9.60. The molecule has 1 unspecified atom stereocenters. The molecule has 2 heterocycles. The molecule has 2 aromatic heterocycles. The van der Waals surface area contributed by atoms with Crippen LogP contribution in [0.4, 0.5) is 11.4 Å². The molecule has 0 radical (unpaired) electrons. The lowest BCUT2D eigenvalue weighted by Gasteiger charge is -2.17. The van der Waals surface area contributed by atoms with Crippen LogP contribution in [0.15, 0.2) is 57.6 Å². The number of hydrogen-bond acceptors (Lipinski definition) is 10. The molecule has 2 aromatic carbocycles. The van der Waals surface area contributed by atoms with Gasteiger partial charge in [-0.3, -0.25) is 29.8 Å². The summed E-state index contributed by atoms with van der Waals surface area (Å²) in [4.78, 5) is 48.0. The third-order valence-corrected chi connectivity index (χ3v) is 9.51. The van der Waals surface area contributed by atoms with Crippen LogP contribution in [-0.4, -0.2) is 32.0 Å². The van der Waals surface area contributed by atoms with Gasteiger partial charge < -0.3 is 19.7 Å². The molecule has 14 heteroatoms. The Morgan fingerprint density at radius 3 is 2.12 bits per heavy atom. The molecule has 2 aliphatic carbocycles. The number of rotatable bonds is 12. The van der Waals surface area contributed by atoms with Gasteiger partial charge in [0.05, 0.1) is 28.5 Å². The Labute approximate surface area is 275 Å². The zero-order valence-electron chi connectivity index (χ0n) is 26.5. The molecule has 2 fully saturated rings. The van der Waals surface area contributed by atoms with E-state index in [-0.39, 0.29) is 64.9 Å². The molecule has 0 aliphatic heterocycles. The van der Waals surface area contributed by atoms with Gasteiger partial charge >= 0.3 is 0 Å². The summed E-state index contributed by atoms with van der Waals surface area (Å²) in [7, 11) is 0. The zero-order chi connectivity index (χ0) is 33.8. The van der Waals surface area contributed by atoms with Gasteiger partial charge in [-0.05, 0) is 49.8 Å². The average Bonchev–Trinajstić information content (AvgIpc) is 3.93. The number of benzene rings is 2. The van der Waals surface area contributed by atoms with Crippen LogP contribution in [0.5, 0.6) is 0 Å². The zero-order valence-corrected chi connectivity index (χ0v) is 26.5. The van der Waals surface area contributed by atoms with Gasteiger partial charge in [-0.15, -0.1) is 0 Å². The van der Waals surface area contributed by atoms with Crippen molar-refractivity contribution in [1.82, 2.24) is 20.9 Å². The molecule has 0 spiro atoms. The first kappa shape index (κ1) is 32.5. The van der Waals surface area contributed by atoms with Crippen LogP contribution in [0.1, 0.15) is 69.8 Å². The third-order valence-electron chi connectivity index (χ3n) is 9.51. The minimum absolute atomic E-state index is 0.0219. The minimum atomic E-state index is -0.582. The van der Waals surface area contributed by atoms with Crippen molar-refractivity contribution in [3.8, 4) is 33.6 Å². The summed E-state index contributed by atoms with van der Waals surface area (Å²) in [5.41, 5.74) is 1.20. The van der Waals surface area contributed by atoms with Gasteiger partial charge in [0.25, 0.3) is 11.4 Å². The van der Waals surface area contributed by atoms with Crippen LogP contribution in [0, 0.1) is 38.0 Å². The summed E-state index contributed by atoms with van der Waals surface area (Å²) < 4.78 is 10.9. The number of nitrogens with zero attached hydrogens (tertiary/aromatic N) is 4. The maximum Gasteiger partial charge on any atom is 0.277 e. The number of carbonyl (C=O) groups is 2. The summed E-state index contributed by atoms with van der Waals surface area (Å²) in [6.07, 6.45) is 8.13. The molecule has 2 amide bonds. The van der Waals surface area contributed by atoms with Crippen molar-refractivity contribution in [3.63, 3.8) is 0 Å². The van der Waals surface area contributed by atoms with Crippen molar-refractivity contribution in [3.05, 3.63) is 80.3 Å². The van der Waals surface area contributed by atoms with E-state index in [1.807, 2.05) is 6.92 Å². The van der Waals surface area contributed by atoms with Crippen molar-refractivity contribution in [2.75, 3.05) is 0 Å². The standard InChI is InChI=1S/C34H36N6O8/c1-20(21-6-2-3-7-21)33(41)35-18-25-16-30(37-47-25)23-10-13-32(40(45)46)29(14-23)28-15-24(39(43)44)11-12-27(28)31-17-26(48-38-31)19-36-34(42)22-8-4-5-9-22/h10-17,20-22H,2-9,18-19H2,1H3,(H,35,41)(H,36,42). The van der Waals surface area contributed by atoms with E-state index < -0.39 is 9.85 Å². The summed E-state index contributed by atoms with van der Waals surface area (Å²) in [5, 5.41) is 38.0. The Morgan fingerprint density at radius 1 is 0.792 bits per heavy atom. The van der Waals surface area contributed by atoms with Gasteiger partial charge in [-0.25, -0.2) is 0 Å². The van der Waals surface area contributed by atoms with Gasteiger partial charge in [-0.2, -0.15) is 0 Å². The third kappa shape index (κ3) is 7.11. The van der Waals surface area contributed by atoms with Crippen LogP contribution in [0.25, 0.3) is 33.6 Å². The first-order chi connectivity index (χ1) is 23.2. The topological polar surface area (TPSA) is 197 Å². The molecule has 2 N–H and O–H groups in total. The van der Waals surface area contributed by atoms with Crippen molar-refractivity contribution in [2.45, 2.75) is 71.4 Å². The molecule has 4 aromatic rings. The van der Waals surface area contributed by atoms with Gasteiger partial charge in [0.1, 0.15) is 11.4 Å². The molecular weight excluding hydrogens is 620 g/mol. The fraction of sp³-hybridized carbons (Fsp3) is 0.412. The Bertz CT molecular complexity index is 1840. The van der Waals surface area contributed by atoms with Crippen molar-refractivity contribution < 1.29 is 28.5 Å². The molecule has 14 nitrogen and oxygen atoms in total. The molecule has 0 saturated heterocycles. The second-order valence-electron chi connectivity index (χ2n) is 12.6. The smallest absolute Gasteiger partial charge is 0.277 e. The second kappa shape index (κ2) is 14.2. The number of amides is 2. The normalized spacial score (nSPS) is 15.8. The molecule has 2 saturated carbocycles. The highest BCUT2D eigenvalue weighted by molar-refractivity contribution is 5.89. The molecule has 250 valence electrons. The number of carbonyl (C=O) groups excluding carboxylic acids is 2. The van der Waals surface area contributed by atoms with Gasteiger partial charge in [0, 0.05) is 58.9 Å².